The van der Waals surface area contributed by atoms with E-state index in [0.717, 1.165) is 38.8 Å². The van der Waals surface area contributed by atoms with E-state index in [2.05, 4.69) is 13.2 Å². The van der Waals surface area contributed by atoms with Crippen molar-refractivity contribution in [2.24, 2.45) is 5.92 Å². The molecule has 1 saturated heterocycles. The summed E-state index contributed by atoms with van der Waals surface area (Å²) in [6.45, 7) is 3.93. The number of hydrogen-bond acceptors (Lipinski definition) is 3. The molecule has 3 nitrogen and oxygen atoms in total. The van der Waals surface area contributed by atoms with Crippen LogP contribution in [0.3, 0.4) is 0 Å². The lowest BCUT2D eigenvalue weighted by Crippen LogP contribution is -2.41. The fourth-order valence-electron chi connectivity index (χ4n) is 3.37. The number of hydrogen-bond donors (Lipinski definition) is 0. The molecule has 4 heteroatoms. The van der Waals surface area contributed by atoms with Gasteiger partial charge in [-0.2, -0.15) is 11.8 Å². The van der Waals surface area contributed by atoms with Crippen molar-refractivity contribution in [2.75, 3.05) is 25.1 Å². The Balaban J connectivity index is 1.82. The van der Waals surface area contributed by atoms with Crippen LogP contribution < -0.4 is 0 Å². The zero-order valence-corrected chi connectivity index (χ0v) is 13.8. The first-order chi connectivity index (χ1) is 9.74. The van der Waals surface area contributed by atoms with Gasteiger partial charge >= 0.3 is 0 Å². The predicted octanol–water partition coefficient (Wildman–Crippen LogP) is 3.33. The number of carbonyl (C=O) groups is 1. The standard InChI is InChI=1S/C16H29NO2S/c1-3-15(19-14-7-5-4-6-8-14)16(18)17-10-9-13(11-17)12-20-2/h13-15H,3-12H2,1-2H3/t13-,15-/m0/s1. The molecule has 0 N–H and O–H groups in total. The van der Waals surface area contributed by atoms with Gasteiger partial charge in [0.1, 0.15) is 6.10 Å². The molecule has 1 aliphatic carbocycles. The first-order valence-corrected chi connectivity index (χ1v) is 9.57. The first kappa shape index (κ1) is 16.2. The molecule has 1 aliphatic heterocycles. The second-order valence-corrected chi connectivity index (χ2v) is 7.10. The molecule has 116 valence electrons. The third kappa shape index (κ3) is 4.39. The van der Waals surface area contributed by atoms with Crippen LogP contribution in [0.2, 0.25) is 0 Å². The van der Waals surface area contributed by atoms with Gasteiger partial charge in [-0.25, -0.2) is 0 Å². The van der Waals surface area contributed by atoms with Gasteiger partial charge in [-0.3, -0.25) is 4.79 Å². The number of rotatable bonds is 6. The van der Waals surface area contributed by atoms with E-state index in [1.807, 2.05) is 16.7 Å². The summed E-state index contributed by atoms with van der Waals surface area (Å²) in [5.74, 6) is 2.09. The van der Waals surface area contributed by atoms with Crippen molar-refractivity contribution in [1.29, 1.82) is 0 Å². The quantitative estimate of drug-likeness (QED) is 0.753. The number of thioether (sulfide) groups is 1. The van der Waals surface area contributed by atoms with Gasteiger partial charge in [0.25, 0.3) is 5.91 Å². The molecule has 0 aromatic rings. The molecule has 0 radical (unpaired) electrons. The Morgan fingerprint density at radius 2 is 2.05 bits per heavy atom. The number of amides is 1. The van der Waals surface area contributed by atoms with Crippen LogP contribution >= 0.6 is 11.8 Å². The largest absolute Gasteiger partial charge is 0.365 e. The van der Waals surface area contributed by atoms with Gasteiger partial charge < -0.3 is 9.64 Å². The Kier molecular flexibility index (Phi) is 6.69. The monoisotopic (exact) mass is 299 g/mol. The van der Waals surface area contributed by atoms with Crippen LogP contribution in [0.4, 0.5) is 0 Å². The van der Waals surface area contributed by atoms with Gasteiger partial charge in [0, 0.05) is 13.1 Å². The van der Waals surface area contributed by atoms with Crippen molar-refractivity contribution in [3.63, 3.8) is 0 Å². The van der Waals surface area contributed by atoms with Gasteiger partial charge in [0.15, 0.2) is 0 Å². The number of likely N-dealkylation sites (tertiary alicyclic amines) is 1. The van der Waals surface area contributed by atoms with E-state index >= 15 is 0 Å². The van der Waals surface area contributed by atoms with Gasteiger partial charge in [0.05, 0.1) is 6.10 Å². The zero-order chi connectivity index (χ0) is 14.4. The second kappa shape index (κ2) is 8.28. The Hall–Kier alpha value is -0.220. The number of ether oxygens (including phenoxy) is 1. The minimum atomic E-state index is -0.203. The molecule has 1 amide bonds. The second-order valence-electron chi connectivity index (χ2n) is 6.19. The molecule has 0 bridgehead atoms. The smallest absolute Gasteiger partial charge is 0.251 e. The SMILES string of the molecule is CC[C@H](OC1CCCCC1)C(=O)N1CC[C@H](CSC)C1. The van der Waals surface area contributed by atoms with Gasteiger partial charge in [-0.15, -0.1) is 0 Å². The molecule has 20 heavy (non-hydrogen) atoms. The van der Waals surface area contributed by atoms with Crippen molar-refractivity contribution in [3.8, 4) is 0 Å². The topological polar surface area (TPSA) is 29.5 Å². The van der Waals surface area contributed by atoms with Gasteiger partial charge in [-0.1, -0.05) is 26.2 Å². The molecule has 2 atom stereocenters. The highest BCUT2D eigenvalue weighted by atomic mass is 32.2. The van der Waals surface area contributed by atoms with Crippen molar-refractivity contribution < 1.29 is 9.53 Å². The first-order valence-electron chi connectivity index (χ1n) is 8.17. The van der Waals surface area contributed by atoms with E-state index in [4.69, 9.17) is 4.74 Å². The summed E-state index contributed by atoms with van der Waals surface area (Å²) < 4.78 is 6.11. The van der Waals surface area contributed by atoms with E-state index in [1.165, 1.54) is 25.0 Å². The summed E-state index contributed by atoms with van der Waals surface area (Å²) in [6.07, 6.45) is 10.3. The Morgan fingerprint density at radius 1 is 1.30 bits per heavy atom. The van der Waals surface area contributed by atoms with Crippen molar-refractivity contribution in [3.05, 3.63) is 0 Å². The highest BCUT2D eigenvalue weighted by Crippen LogP contribution is 2.25. The summed E-state index contributed by atoms with van der Waals surface area (Å²) >= 11 is 1.89. The van der Waals surface area contributed by atoms with Crippen molar-refractivity contribution >= 4 is 17.7 Å². The predicted molar refractivity (Wildman–Crippen MR) is 85.1 cm³/mol. The zero-order valence-electron chi connectivity index (χ0n) is 13.0. The molecular weight excluding hydrogens is 270 g/mol. The maximum atomic E-state index is 12.6. The van der Waals surface area contributed by atoms with E-state index in [1.54, 1.807) is 0 Å². The average molecular weight is 299 g/mol. The highest BCUT2D eigenvalue weighted by Gasteiger charge is 2.31. The van der Waals surface area contributed by atoms with Crippen molar-refractivity contribution in [1.82, 2.24) is 4.90 Å². The van der Waals surface area contributed by atoms with E-state index < -0.39 is 0 Å². The highest BCUT2D eigenvalue weighted by molar-refractivity contribution is 7.98. The fourth-order valence-corrected chi connectivity index (χ4v) is 4.11. The normalized spacial score (nSPS) is 25.9. The summed E-state index contributed by atoms with van der Waals surface area (Å²) in [7, 11) is 0. The molecular formula is C16H29NO2S. The summed E-state index contributed by atoms with van der Waals surface area (Å²) in [6, 6.07) is 0. The lowest BCUT2D eigenvalue weighted by molar-refractivity contribution is -0.148. The average Bonchev–Trinajstić information content (AvgIpc) is 2.94. The van der Waals surface area contributed by atoms with Crippen LogP contribution in [0.1, 0.15) is 51.9 Å². The van der Waals surface area contributed by atoms with Crippen LogP contribution in [0, 0.1) is 5.92 Å². The van der Waals surface area contributed by atoms with Crippen LogP contribution in [0.5, 0.6) is 0 Å². The van der Waals surface area contributed by atoms with E-state index in [9.17, 15) is 4.79 Å². The third-order valence-electron chi connectivity index (χ3n) is 4.56. The van der Waals surface area contributed by atoms with Crippen LogP contribution in [0.25, 0.3) is 0 Å². The third-order valence-corrected chi connectivity index (χ3v) is 5.36. The van der Waals surface area contributed by atoms with E-state index in [-0.39, 0.29) is 12.0 Å². The molecule has 0 unspecified atom stereocenters. The number of carbonyl (C=O) groups excluding carboxylic acids is 1. The minimum Gasteiger partial charge on any atom is -0.365 e. The fraction of sp³-hybridized carbons (Fsp3) is 0.938. The molecule has 1 saturated carbocycles. The van der Waals surface area contributed by atoms with Crippen LogP contribution in [-0.2, 0) is 9.53 Å². The number of nitrogens with zero attached hydrogens (tertiary/aromatic N) is 1. The van der Waals surface area contributed by atoms with Crippen molar-refractivity contribution in [2.45, 2.75) is 64.1 Å². The Bertz CT molecular complexity index is 305. The summed E-state index contributed by atoms with van der Waals surface area (Å²) in [4.78, 5) is 14.6. The van der Waals surface area contributed by atoms with Crippen LogP contribution in [-0.4, -0.2) is 48.1 Å². The molecule has 2 rings (SSSR count). The molecule has 2 fully saturated rings. The Labute approximate surface area is 127 Å². The lowest BCUT2D eigenvalue weighted by atomic mass is 9.97. The van der Waals surface area contributed by atoms with Gasteiger partial charge in [0.2, 0.25) is 0 Å². The molecule has 1 heterocycles. The maximum absolute atomic E-state index is 12.6. The van der Waals surface area contributed by atoms with E-state index in [0.29, 0.717) is 12.0 Å². The molecule has 2 aliphatic rings. The van der Waals surface area contributed by atoms with Gasteiger partial charge in [-0.05, 0) is 43.6 Å². The Morgan fingerprint density at radius 3 is 2.70 bits per heavy atom. The maximum Gasteiger partial charge on any atom is 0.251 e. The van der Waals surface area contributed by atoms with Crippen LogP contribution in [0.15, 0.2) is 0 Å². The molecule has 0 aromatic carbocycles. The molecule has 0 aromatic heterocycles. The summed E-state index contributed by atoms with van der Waals surface area (Å²) in [5, 5.41) is 0. The lowest BCUT2D eigenvalue weighted by Gasteiger charge is -2.29. The molecule has 0 spiro atoms. The minimum absolute atomic E-state index is 0.203. The summed E-state index contributed by atoms with van der Waals surface area (Å²) in [5.41, 5.74) is 0.